The fourth-order valence-electron chi connectivity index (χ4n) is 3.69. The van der Waals surface area contributed by atoms with Gasteiger partial charge in [0.05, 0.1) is 6.54 Å². The van der Waals surface area contributed by atoms with Crippen molar-refractivity contribution in [1.82, 2.24) is 15.6 Å². The molecule has 0 radical (unpaired) electrons. The molecule has 4 rings (SSSR count). The molecule has 1 aromatic heterocycles. The molecule has 3 aromatic rings. The first-order valence-corrected chi connectivity index (χ1v) is 9.98. The summed E-state index contributed by atoms with van der Waals surface area (Å²) >= 11 is 0. The highest BCUT2D eigenvalue weighted by Crippen LogP contribution is 2.44. The molecule has 170 valence electrons. The van der Waals surface area contributed by atoms with Crippen molar-refractivity contribution in [3.8, 4) is 11.1 Å². The molecule has 2 amide bonds. The predicted octanol–water partition coefficient (Wildman–Crippen LogP) is 2.26. The molecule has 11 heteroatoms. The van der Waals surface area contributed by atoms with E-state index < -0.39 is 24.1 Å². The van der Waals surface area contributed by atoms with Crippen LogP contribution in [-0.4, -0.2) is 59.8 Å². The molecule has 3 N–H and O–H groups in total. The molecule has 0 bridgehead atoms. The fourth-order valence-corrected chi connectivity index (χ4v) is 3.69. The minimum absolute atomic E-state index is 0.0702. The Balaban J connectivity index is 1.39. The number of hydrogen-bond acceptors (Lipinski definition) is 8. The highest BCUT2D eigenvalue weighted by molar-refractivity contribution is 5.99. The van der Waals surface area contributed by atoms with Crippen molar-refractivity contribution in [2.75, 3.05) is 25.6 Å². The second-order valence-corrected chi connectivity index (χ2v) is 7.18. The average Bonchev–Trinajstić information content (AvgIpc) is 3.40. The van der Waals surface area contributed by atoms with Gasteiger partial charge in [0.1, 0.15) is 6.61 Å². The maximum Gasteiger partial charge on any atom is 0.412 e. The van der Waals surface area contributed by atoms with E-state index in [4.69, 9.17) is 14.6 Å². The Kier molecular flexibility index (Phi) is 6.31. The molecule has 1 heterocycles. The Bertz CT molecular complexity index is 1150. The summed E-state index contributed by atoms with van der Waals surface area (Å²) in [6.07, 6.45) is -2.09. The smallest absolute Gasteiger partial charge is 0.412 e. The maximum atomic E-state index is 12.4. The van der Waals surface area contributed by atoms with E-state index in [1.165, 1.54) is 7.11 Å². The number of nitrogens with zero attached hydrogens (tertiary/aromatic N) is 2. The van der Waals surface area contributed by atoms with Crippen LogP contribution in [0, 0.1) is 0 Å². The Morgan fingerprint density at radius 2 is 1.70 bits per heavy atom. The number of aliphatic carboxylic acids is 1. The molecule has 1 aliphatic rings. The van der Waals surface area contributed by atoms with Crippen LogP contribution in [0.5, 0.6) is 0 Å². The predicted molar refractivity (Wildman–Crippen MR) is 114 cm³/mol. The van der Waals surface area contributed by atoms with Crippen molar-refractivity contribution < 1.29 is 33.6 Å². The van der Waals surface area contributed by atoms with E-state index in [-0.39, 0.29) is 30.6 Å². The van der Waals surface area contributed by atoms with Gasteiger partial charge in [0, 0.05) is 13.0 Å². The Morgan fingerprint density at radius 3 is 2.30 bits per heavy atom. The van der Waals surface area contributed by atoms with E-state index in [0.29, 0.717) is 0 Å². The zero-order chi connectivity index (χ0) is 23.4. The summed E-state index contributed by atoms with van der Waals surface area (Å²) in [7, 11) is 1.20. The van der Waals surface area contributed by atoms with Crippen LogP contribution in [0.25, 0.3) is 11.1 Å². The first kappa shape index (κ1) is 22.0. The fraction of sp³-hybridized carbons (Fsp3) is 0.227. The first-order valence-electron chi connectivity index (χ1n) is 9.98. The lowest BCUT2D eigenvalue weighted by Gasteiger charge is -2.14. The van der Waals surface area contributed by atoms with Crippen LogP contribution >= 0.6 is 0 Å². The van der Waals surface area contributed by atoms with E-state index in [1.807, 2.05) is 48.5 Å². The summed E-state index contributed by atoms with van der Waals surface area (Å²) < 4.78 is 14.7. The van der Waals surface area contributed by atoms with Crippen LogP contribution in [0.3, 0.4) is 0 Å². The van der Waals surface area contributed by atoms with E-state index in [0.717, 1.165) is 22.3 Å². The number of amides is 2. The van der Waals surface area contributed by atoms with Gasteiger partial charge in [-0.15, -0.1) is 0 Å². The quantitative estimate of drug-likeness (QED) is 0.467. The number of nitrogens with one attached hydrogen (secondary N) is 2. The molecular weight excluding hydrogens is 432 g/mol. The molecule has 33 heavy (non-hydrogen) atoms. The van der Waals surface area contributed by atoms with E-state index in [1.54, 1.807) is 0 Å². The Hall–Kier alpha value is -4.25. The summed E-state index contributed by atoms with van der Waals surface area (Å²) in [4.78, 5) is 35.7. The monoisotopic (exact) mass is 452 g/mol. The van der Waals surface area contributed by atoms with Crippen molar-refractivity contribution in [2.45, 2.75) is 12.0 Å². The van der Waals surface area contributed by atoms with Crippen LogP contribution in [0.1, 0.15) is 27.5 Å². The topological polar surface area (TPSA) is 153 Å². The number of rotatable bonds is 8. The molecule has 0 spiro atoms. The number of aromatic nitrogens is 2. The van der Waals surface area contributed by atoms with E-state index >= 15 is 0 Å². The number of hydrogen-bond donors (Lipinski definition) is 3. The molecule has 11 nitrogen and oxygen atoms in total. The zero-order valence-corrected chi connectivity index (χ0v) is 17.5. The van der Waals surface area contributed by atoms with Gasteiger partial charge >= 0.3 is 12.1 Å². The van der Waals surface area contributed by atoms with Gasteiger partial charge < -0.3 is 19.9 Å². The lowest BCUT2D eigenvalue weighted by molar-refractivity contribution is -0.148. The first-order chi connectivity index (χ1) is 16.0. The molecule has 0 saturated heterocycles. The number of carboxylic acid groups (broad SMARTS) is 1. The Labute approximate surface area is 187 Å². The molecule has 1 aliphatic carbocycles. The third kappa shape index (κ3) is 4.53. The normalized spacial score (nSPS) is 13.0. The van der Waals surface area contributed by atoms with Gasteiger partial charge in [-0.3, -0.25) is 10.1 Å². The SMILES string of the molecule is COC(CNC(=O)c1nonc1NC(=O)OCC1c2ccccc2-c2ccccc21)C(=O)O. The van der Waals surface area contributed by atoms with Crippen molar-refractivity contribution in [1.29, 1.82) is 0 Å². The number of carbonyl (C=O) groups excluding carboxylic acids is 2. The van der Waals surface area contributed by atoms with E-state index in [9.17, 15) is 14.4 Å². The molecule has 0 aliphatic heterocycles. The molecule has 2 aromatic carbocycles. The van der Waals surface area contributed by atoms with Crippen molar-refractivity contribution in [3.63, 3.8) is 0 Å². The molecule has 1 unspecified atom stereocenters. The number of ether oxygens (including phenoxy) is 2. The summed E-state index contributed by atoms with van der Waals surface area (Å²) in [6, 6.07) is 15.8. The van der Waals surface area contributed by atoms with Gasteiger partial charge in [-0.1, -0.05) is 48.5 Å². The van der Waals surface area contributed by atoms with Crippen molar-refractivity contribution in [2.24, 2.45) is 0 Å². The number of fused-ring (bicyclic) bond motifs is 3. The molecule has 0 saturated carbocycles. The van der Waals surface area contributed by atoms with Crippen molar-refractivity contribution in [3.05, 3.63) is 65.4 Å². The van der Waals surface area contributed by atoms with Crippen LogP contribution in [0.4, 0.5) is 10.6 Å². The van der Waals surface area contributed by atoms with Gasteiger partial charge in [-0.25, -0.2) is 14.2 Å². The van der Waals surface area contributed by atoms with Crippen LogP contribution in [-0.2, 0) is 14.3 Å². The van der Waals surface area contributed by atoms with Crippen LogP contribution < -0.4 is 10.6 Å². The number of carboxylic acids is 1. The van der Waals surface area contributed by atoms with E-state index in [2.05, 4.69) is 25.6 Å². The summed E-state index contributed by atoms with van der Waals surface area (Å²) in [6.45, 7) is -0.247. The largest absolute Gasteiger partial charge is 0.479 e. The number of anilines is 1. The summed E-state index contributed by atoms with van der Waals surface area (Å²) in [5, 5.41) is 20.6. The van der Waals surface area contributed by atoms with Crippen LogP contribution in [0.2, 0.25) is 0 Å². The average molecular weight is 452 g/mol. The third-order valence-electron chi connectivity index (χ3n) is 5.28. The molecule has 0 fully saturated rings. The maximum absolute atomic E-state index is 12.4. The van der Waals surface area contributed by atoms with Crippen molar-refractivity contribution >= 4 is 23.8 Å². The Morgan fingerprint density at radius 1 is 1.06 bits per heavy atom. The van der Waals surface area contributed by atoms with Gasteiger partial charge in [-0.05, 0) is 32.6 Å². The minimum atomic E-state index is -1.24. The number of methoxy groups -OCH3 is 1. The minimum Gasteiger partial charge on any atom is -0.479 e. The van der Waals surface area contributed by atoms with Gasteiger partial charge in [0.2, 0.25) is 11.5 Å². The summed E-state index contributed by atoms with van der Waals surface area (Å²) in [5.41, 5.74) is 3.97. The highest BCUT2D eigenvalue weighted by atomic mass is 16.6. The standard InChI is InChI=1S/C22H20N4O7/c1-31-17(21(28)29)10-23-20(27)18-19(26-33-25-18)24-22(30)32-11-16-14-8-4-2-6-12(14)13-7-3-5-9-15(13)16/h2-9,16-17H,10-11H2,1H3,(H,23,27)(H,28,29)(H,24,26,30). The number of benzene rings is 2. The van der Waals surface area contributed by atoms with Gasteiger partial charge in [0.15, 0.2) is 6.10 Å². The highest BCUT2D eigenvalue weighted by Gasteiger charge is 2.29. The van der Waals surface area contributed by atoms with Gasteiger partial charge in [-0.2, -0.15) is 0 Å². The number of carbonyl (C=O) groups is 3. The van der Waals surface area contributed by atoms with Gasteiger partial charge in [0.25, 0.3) is 5.91 Å². The second kappa shape index (κ2) is 9.49. The molecule has 1 atom stereocenters. The lowest BCUT2D eigenvalue weighted by Crippen LogP contribution is -2.38. The molecular formula is C22H20N4O7. The lowest BCUT2D eigenvalue weighted by atomic mass is 9.98. The summed E-state index contributed by atoms with van der Waals surface area (Å²) in [5.74, 6) is -2.43. The third-order valence-corrected chi connectivity index (χ3v) is 5.28. The second-order valence-electron chi connectivity index (χ2n) is 7.18. The van der Waals surface area contributed by atoms with Crippen LogP contribution in [0.15, 0.2) is 53.2 Å². The zero-order valence-electron chi connectivity index (χ0n) is 17.5.